The zero-order valence-electron chi connectivity index (χ0n) is 21.4. The largest absolute Gasteiger partial charge is 0.508 e. The van der Waals surface area contributed by atoms with E-state index in [0.29, 0.717) is 23.7 Å². The molecule has 1 heterocycles. The van der Waals surface area contributed by atoms with Crippen LogP contribution in [0.25, 0.3) is 5.32 Å². The van der Waals surface area contributed by atoms with Crippen LogP contribution < -0.4 is 11.5 Å². The number of aliphatic imine (C=N–C) groups is 1. The Morgan fingerprint density at radius 3 is 2.42 bits per heavy atom. The molecule has 2 unspecified atom stereocenters. The molecule has 2 rings (SSSR count). The number of aromatic nitrogens is 1. The summed E-state index contributed by atoms with van der Waals surface area (Å²) in [5.41, 5.74) is 12.8. The van der Waals surface area contributed by atoms with E-state index in [1.807, 2.05) is 24.3 Å². The summed E-state index contributed by atoms with van der Waals surface area (Å²) < 4.78 is 0. The molecule has 0 radical (unpaired) electrons. The van der Waals surface area contributed by atoms with E-state index < -0.39 is 5.97 Å². The molecule has 2 aromatic rings. The standard InChI is InChI=1S/C28H42N5O3/c1-2-3-4-5-6-9-21(18-22-13-15-24(34)16-14-22)10-7-11-25(33-26-12-8-17-31-26)23(19-27(35)36)20-32-28(29)30/h8,12-17,19,21,25,31,34H,2-7,9-11,18,20H2,1H3,(H,35,36)(H4,29,30,32)/q-1. The average molecular weight is 497 g/mol. The fourth-order valence-electron chi connectivity index (χ4n) is 4.44. The van der Waals surface area contributed by atoms with Gasteiger partial charge in [0.05, 0.1) is 6.54 Å². The molecule has 1 aromatic heterocycles. The monoisotopic (exact) mass is 496 g/mol. The van der Waals surface area contributed by atoms with Crippen molar-refractivity contribution < 1.29 is 15.0 Å². The molecule has 2 atom stereocenters. The molecular formula is C28H42N5O3-. The lowest BCUT2D eigenvalue weighted by Gasteiger charge is -2.28. The van der Waals surface area contributed by atoms with Gasteiger partial charge < -0.3 is 32.0 Å². The second kappa shape index (κ2) is 16.3. The van der Waals surface area contributed by atoms with Gasteiger partial charge in [-0.05, 0) is 48.1 Å². The quantitative estimate of drug-likeness (QED) is 0.0768. The Morgan fingerprint density at radius 2 is 1.78 bits per heavy atom. The van der Waals surface area contributed by atoms with E-state index in [4.69, 9.17) is 16.8 Å². The number of carboxylic acids is 1. The van der Waals surface area contributed by atoms with Crippen molar-refractivity contribution in [2.75, 3.05) is 6.54 Å². The van der Waals surface area contributed by atoms with E-state index in [1.165, 1.54) is 43.7 Å². The van der Waals surface area contributed by atoms with E-state index >= 15 is 0 Å². The number of benzene rings is 1. The van der Waals surface area contributed by atoms with Crippen LogP contribution in [0.4, 0.5) is 5.82 Å². The number of phenolic OH excluding ortho intramolecular Hbond substituents is 1. The number of unbranched alkanes of at least 4 members (excludes halogenated alkanes) is 4. The van der Waals surface area contributed by atoms with Gasteiger partial charge in [0, 0.05) is 6.08 Å². The molecular weight excluding hydrogens is 454 g/mol. The van der Waals surface area contributed by atoms with Crippen LogP contribution in [0.15, 0.2) is 59.2 Å². The molecule has 36 heavy (non-hydrogen) atoms. The molecule has 0 amide bonds. The van der Waals surface area contributed by atoms with Gasteiger partial charge in [-0.25, -0.2) is 9.79 Å². The number of carboxylic acid groups (broad SMARTS) is 1. The Hall–Kier alpha value is -3.42. The van der Waals surface area contributed by atoms with Crippen LogP contribution in [-0.2, 0) is 11.2 Å². The molecule has 0 spiro atoms. The normalized spacial score (nSPS) is 13.2. The molecule has 0 saturated carbocycles. The molecule has 7 N–H and O–H groups in total. The van der Waals surface area contributed by atoms with Crippen molar-refractivity contribution >= 4 is 17.7 Å². The van der Waals surface area contributed by atoms with Gasteiger partial charge in [-0.3, -0.25) is 0 Å². The summed E-state index contributed by atoms with van der Waals surface area (Å²) in [5, 5.41) is 23.8. The first-order chi connectivity index (χ1) is 17.4. The fourth-order valence-corrected chi connectivity index (χ4v) is 4.44. The number of guanidine groups is 1. The van der Waals surface area contributed by atoms with Crippen molar-refractivity contribution in [1.82, 2.24) is 4.98 Å². The van der Waals surface area contributed by atoms with Gasteiger partial charge in [0.1, 0.15) is 5.75 Å². The van der Waals surface area contributed by atoms with Gasteiger partial charge in [-0.15, -0.1) is 0 Å². The summed E-state index contributed by atoms with van der Waals surface area (Å²) in [6, 6.07) is 10.8. The number of nitrogens with zero attached hydrogens (tertiary/aromatic N) is 2. The van der Waals surface area contributed by atoms with Gasteiger partial charge in [0.2, 0.25) is 0 Å². The minimum absolute atomic E-state index is 0.0815. The number of nitrogens with two attached hydrogens (primary N) is 2. The van der Waals surface area contributed by atoms with Gasteiger partial charge in [0.25, 0.3) is 0 Å². The van der Waals surface area contributed by atoms with Crippen molar-refractivity contribution in [2.45, 2.75) is 77.2 Å². The SMILES string of the molecule is CCCCCCCC(CCCC([N-]c1ccc[nH]1)C(=CC(=O)O)CN=C(N)N)Cc1ccc(O)cc1. The Kier molecular flexibility index (Phi) is 13.0. The van der Waals surface area contributed by atoms with Crippen LogP contribution in [0.2, 0.25) is 0 Å². The third-order valence-electron chi connectivity index (χ3n) is 6.32. The highest BCUT2D eigenvalue weighted by atomic mass is 16.4. The predicted octanol–water partition coefficient (Wildman–Crippen LogP) is 5.77. The number of aliphatic carboxylic acids is 1. The van der Waals surface area contributed by atoms with Crippen LogP contribution in [0, 0.1) is 5.92 Å². The minimum atomic E-state index is -1.04. The molecule has 0 bridgehead atoms. The summed E-state index contributed by atoms with van der Waals surface area (Å²) in [6.07, 6.45) is 13.9. The van der Waals surface area contributed by atoms with Crippen LogP contribution >= 0.6 is 0 Å². The van der Waals surface area contributed by atoms with Crippen LogP contribution in [-0.4, -0.2) is 39.7 Å². The molecule has 0 aliphatic heterocycles. The predicted molar refractivity (Wildman–Crippen MR) is 147 cm³/mol. The van der Waals surface area contributed by atoms with Crippen molar-refractivity contribution in [2.24, 2.45) is 22.4 Å². The highest BCUT2D eigenvalue weighted by Crippen LogP contribution is 2.30. The van der Waals surface area contributed by atoms with E-state index in [9.17, 15) is 15.0 Å². The summed E-state index contributed by atoms with van der Waals surface area (Å²) in [4.78, 5) is 18.6. The summed E-state index contributed by atoms with van der Waals surface area (Å²) >= 11 is 0. The number of aromatic amines is 1. The molecule has 1 aromatic carbocycles. The second-order valence-electron chi connectivity index (χ2n) is 9.37. The van der Waals surface area contributed by atoms with Crippen molar-refractivity contribution in [1.29, 1.82) is 0 Å². The maximum Gasteiger partial charge on any atom is 0.328 e. The van der Waals surface area contributed by atoms with Gasteiger partial charge >= 0.3 is 5.97 Å². The first kappa shape index (κ1) is 28.8. The highest BCUT2D eigenvalue weighted by Gasteiger charge is 2.15. The molecule has 0 aliphatic carbocycles. The number of hydrogen-bond donors (Lipinski definition) is 5. The third-order valence-corrected chi connectivity index (χ3v) is 6.32. The molecule has 0 fully saturated rings. The Morgan fingerprint density at radius 1 is 1.06 bits per heavy atom. The van der Waals surface area contributed by atoms with Crippen LogP contribution in [0.1, 0.15) is 70.3 Å². The molecule has 0 aliphatic rings. The summed E-state index contributed by atoms with van der Waals surface area (Å²) in [6.45, 7) is 2.32. The smallest absolute Gasteiger partial charge is 0.328 e. The third kappa shape index (κ3) is 11.8. The van der Waals surface area contributed by atoms with Crippen molar-refractivity contribution in [3.63, 3.8) is 0 Å². The second-order valence-corrected chi connectivity index (χ2v) is 9.37. The number of H-pyrrole nitrogens is 1. The first-order valence-corrected chi connectivity index (χ1v) is 13.0. The Labute approximate surface area is 214 Å². The maximum absolute atomic E-state index is 11.5. The number of aromatic hydroxyl groups is 1. The van der Waals surface area contributed by atoms with Gasteiger partial charge in [-0.1, -0.05) is 94.6 Å². The fraction of sp³-hybridized carbons (Fsp3) is 0.500. The lowest BCUT2D eigenvalue weighted by molar-refractivity contribution is -0.131. The number of carbonyl (C=O) groups is 1. The van der Waals surface area contributed by atoms with Crippen molar-refractivity contribution in [3.05, 3.63) is 65.1 Å². The lowest BCUT2D eigenvalue weighted by Crippen LogP contribution is -2.24. The molecule has 8 heteroatoms. The number of rotatable bonds is 18. The number of hydrogen-bond acceptors (Lipinski definition) is 3. The summed E-state index contributed by atoms with van der Waals surface area (Å²) in [7, 11) is 0. The van der Waals surface area contributed by atoms with E-state index in [2.05, 4.69) is 16.9 Å². The molecule has 198 valence electrons. The maximum atomic E-state index is 11.5. The van der Waals surface area contributed by atoms with Gasteiger partial charge in [-0.2, -0.15) is 0 Å². The average Bonchev–Trinajstić information content (AvgIpc) is 3.35. The number of phenols is 1. The molecule has 0 saturated heterocycles. The Bertz CT molecular complexity index is 935. The van der Waals surface area contributed by atoms with Gasteiger partial charge in [0.15, 0.2) is 5.96 Å². The zero-order valence-corrected chi connectivity index (χ0v) is 21.4. The van der Waals surface area contributed by atoms with E-state index in [1.54, 1.807) is 18.3 Å². The van der Waals surface area contributed by atoms with E-state index in [-0.39, 0.29) is 24.3 Å². The minimum Gasteiger partial charge on any atom is -0.508 e. The highest BCUT2D eigenvalue weighted by molar-refractivity contribution is 5.81. The first-order valence-electron chi connectivity index (χ1n) is 13.0. The summed E-state index contributed by atoms with van der Waals surface area (Å²) in [5.74, 6) is 0.355. The Balaban J connectivity index is 2.08. The van der Waals surface area contributed by atoms with Crippen molar-refractivity contribution in [3.8, 4) is 5.75 Å². The van der Waals surface area contributed by atoms with Crippen LogP contribution in [0.3, 0.4) is 0 Å². The zero-order chi connectivity index (χ0) is 26.2. The van der Waals surface area contributed by atoms with Crippen LogP contribution in [0.5, 0.6) is 5.75 Å². The lowest BCUT2D eigenvalue weighted by atomic mass is 9.88. The number of nitrogens with one attached hydrogen (secondary N) is 1. The topological polar surface area (TPSA) is 152 Å². The molecule has 8 nitrogen and oxygen atoms in total. The van der Waals surface area contributed by atoms with E-state index in [0.717, 1.165) is 25.7 Å².